The van der Waals surface area contributed by atoms with Gasteiger partial charge in [0.05, 0.1) is 6.61 Å². The van der Waals surface area contributed by atoms with Gasteiger partial charge < -0.3 is 10.1 Å². The summed E-state index contributed by atoms with van der Waals surface area (Å²) in [5.41, 5.74) is 1.35. The Hall–Kier alpha value is -1.02. The van der Waals surface area contributed by atoms with Crippen molar-refractivity contribution in [3.8, 4) is 5.75 Å². The smallest absolute Gasteiger partial charge is 0.119 e. The van der Waals surface area contributed by atoms with E-state index in [1.807, 2.05) is 0 Å². The molecule has 1 fully saturated rings. The molecule has 21 heavy (non-hydrogen) atoms. The van der Waals surface area contributed by atoms with E-state index in [2.05, 4.69) is 50.4 Å². The second kappa shape index (κ2) is 8.43. The molecule has 1 saturated carbocycles. The third kappa shape index (κ3) is 6.09. The molecule has 1 aliphatic rings. The third-order valence-electron chi connectivity index (χ3n) is 4.42. The number of benzene rings is 1. The summed E-state index contributed by atoms with van der Waals surface area (Å²) in [5.74, 6) is 2.57. The lowest BCUT2D eigenvalue weighted by Crippen LogP contribution is -2.33. The highest BCUT2D eigenvalue weighted by Crippen LogP contribution is 2.23. The molecule has 0 spiro atoms. The molecule has 1 aromatic rings. The summed E-state index contributed by atoms with van der Waals surface area (Å²) in [5, 5.41) is 3.71. The van der Waals surface area contributed by atoms with Crippen LogP contribution in [-0.2, 0) is 6.54 Å². The Kier molecular flexibility index (Phi) is 6.56. The average Bonchev–Trinajstić information content (AvgIpc) is 2.46. The molecule has 118 valence electrons. The van der Waals surface area contributed by atoms with Crippen LogP contribution in [0.1, 0.15) is 58.4 Å². The van der Waals surface area contributed by atoms with Crippen LogP contribution < -0.4 is 10.1 Å². The van der Waals surface area contributed by atoms with Crippen LogP contribution in [0.3, 0.4) is 0 Å². The summed E-state index contributed by atoms with van der Waals surface area (Å²) in [6, 6.07) is 9.27. The maximum atomic E-state index is 5.76. The van der Waals surface area contributed by atoms with Crippen LogP contribution in [0.5, 0.6) is 5.75 Å². The normalized spacial score (nSPS) is 22.5. The number of nitrogens with one attached hydrogen (secondary N) is 1. The van der Waals surface area contributed by atoms with E-state index in [1.165, 1.54) is 31.2 Å². The monoisotopic (exact) mass is 289 g/mol. The molecule has 2 heteroatoms. The topological polar surface area (TPSA) is 21.3 Å². The van der Waals surface area contributed by atoms with Crippen molar-refractivity contribution in [2.45, 2.75) is 65.5 Å². The minimum absolute atomic E-state index is 0.700. The standard InChI is InChI=1S/C19H31NO/c1-15(2)11-12-21-19-9-7-17(8-10-19)14-20-18-6-4-5-16(3)13-18/h7-10,15-16,18,20H,4-6,11-14H2,1-3H3. The zero-order valence-corrected chi connectivity index (χ0v) is 13.9. The largest absolute Gasteiger partial charge is 0.494 e. The van der Waals surface area contributed by atoms with Gasteiger partial charge in [-0.05, 0) is 48.8 Å². The van der Waals surface area contributed by atoms with Crippen LogP contribution in [0.25, 0.3) is 0 Å². The zero-order chi connectivity index (χ0) is 15.1. The van der Waals surface area contributed by atoms with Gasteiger partial charge >= 0.3 is 0 Å². The second-order valence-corrected chi connectivity index (χ2v) is 7.02. The molecule has 2 rings (SSSR count). The summed E-state index contributed by atoms with van der Waals surface area (Å²) < 4.78 is 5.76. The van der Waals surface area contributed by atoms with Gasteiger partial charge in [-0.3, -0.25) is 0 Å². The molecule has 2 nitrogen and oxygen atoms in total. The number of hydrogen-bond donors (Lipinski definition) is 1. The maximum Gasteiger partial charge on any atom is 0.119 e. The quantitative estimate of drug-likeness (QED) is 0.780. The van der Waals surface area contributed by atoms with Crippen LogP contribution >= 0.6 is 0 Å². The van der Waals surface area contributed by atoms with Gasteiger partial charge in [0.2, 0.25) is 0 Å². The highest BCUT2D eigenvalue weighted by Gasteiger charge is 2.17. The molecule has 0 aromatic heterocycles. The first-order chi connectivity index (χ1) is 10.1. The van der Waals surface area contributed by atoms with Crippen molar-refractivity contribution < 1.29 is 4.74 Å². The van der Waals surface area contributed by atoms with Crippen molar-refractivity contribution in [2.24, 2.45) is 11.8 Å². The summed E-state index contributed by atoms with van der Waals surface area (Å²) in [4.78, 5) is 0. The Morgan fingerprint density at radius 1 is 1.19 bits per heavy atom. The molecule has 0 amide bonds. The Morgan fingerprint density at radius 3 is 2.62 bits per heavy atom. The fourth-order valence-corrected chi connectivity index (χ4v) is 3.00. The Labute approximate surface area is 130 Å². The van der Waals surface area contributed by atoms with Gasteiger partial charge in [-0.25, -0.2) is 0 Å². The molecule has 1 aromatic carbocycles. The van der Waals surface area contributed by atoms with Gasteiger partial charge in [-0.2, -0.15) is 0 Å². The fourth-order valence-electron chi connectivity index (χ4n) is 3.00. The van der Waals surface area contributed by atoms with E-state index >= 15 is 0 Å². The van der Waals surface area contributed by atoms with Gasteiger partial charge in [0.15, 0.2) is 0 Å². The Bertz CT molecular complexity index is 399. The average molecular weight is 289 g/mol. The second-order valence-electron chi connectivity index (χ2n) is 7.02. The Balaban J connectivity index is 1.71. The van der Waals surface area contributed by atoms with Gasteiger partial charge in [0, 0.05) is 12.6 Å². The number of ether oxygens (including phenoxy) is 1. The van der Waals surface area contributed by atoms with E-state index in [0.717, 1.165) is 31.2 Å². The van der Waals surface area contributed by atoms with Crippen LogP contribution in [0, 0.1) is 11.8 Å². The first-order valence-corrected chi connectivity index (χ1v) is 8.58. The molecular weight excluding hydrogens is 258 g/mol. The molecule has 0 saturated heterocycles. The zero-order valence-electron chi connectivity index (χ0n) is 13.9. The highest BCUT2D eigenvalue weighted by atomic mass is 16.5. The van der Waals surface area contributed by atoms with E-state index in [1.54, 1.807) is 0 Å². The number of rotatable bonds is 7. The van der Waals surface area contributed by atoms with Crippen molar-refractivity contribution in [3.63, 3.8) is 0 Å². The molecule has 0 aliphatic heterocycles. The SMILES string of the molecule is CC(C)CCOc1ccc(CNC2CCCC(C)C2)cc1. The van der Waals surface area contributed by atoms with E-state index in [-0.39, 0.29) is 0 Å². The van der Waals surface area contributed by atoms with Gasteiger partial charge in [0.25, 0.3) is 0 Å². The molecule has 1 aliphatic carbocycles. The first kappa shape index (κ1) is 16.4. The molecule has 2 unspecified atom stereocenters. The third-order valence-corrected chi connectivity index (χ3v) is 4.42. The highest BCUT2D eigenvalue weighted by molar-refractivity contribution is 5.27. The predicted octanol–water partition coefficient (Wildman–Crippen LogP) is 4.78. The van der Waals surface area contributed by atoms with Gasteiger partial charge in [-0.1, -0.05) is 45.7 Å². The summed E-state index contributed by atoms with van der Waals surface area (Å²) in [6.07, 6.45) is 6.56. The van der Waals surface area contributed by atoms with Gasteiger partial charge in [0.1, 0.15) is 5.75 Å². The van der Waals surface area contributed by atoms with Crippen molar-refractivity contribution in [3.05, 3.63) is 29.8 Å². The lowest BCUT2D eigenvalue weighted by atomic mass is 9.87. The predicted molar refractivity (Wildman–Crippen MR) is 89.7 cm³/mol. The van der Waals surface area contributed by atoms with E-state index in [4.69, 9.17) is 4.74 Å². The van der Waals surface area contributed by atoms with E-state index in [9.17, 15) is 0 Å². The number of hydrogen-bond acceptors (Lipinski definition) is 2. The summed E-state index contributed by atoms with van der Waals surface area (Å²) in [6.45, 7) is 8.62. The first-order valence-electron chi connectivity index (χ1n) is 8.58. The molecule has 0 radical (unpaired) electrons. The fraction of sp³-hybridized carbons (Fsp3) is 0.684. The van der Waals surface area contributed by atoms with Crippen molar-refractivity contribution >= 4 is 0 Å². The molecule has 2 atom stereocenters. The minimum atomic E-state index is 0.700. The summed E-state index contributed by atoms with van der Waals surface area (Å²) in [7, 11) is 0. The Morgan fingerprint density at radius 2 is 1.95 bits per heavy atom. The molecule has 1 N–H and O–H groups in total. The maximum absolute atomic E-state index is 5.76. The van der Waals surface area contributed by atoms with E-state index < -0.39 is 0 Å². The van der Waals surface area contributed by atoms with Crippen molar-refractivity contribution in [1.82, 2.24) is 5.32 Å². The van der Waals surface area contributed by atoms with Crippen molar-refractivity contribution in [2.75, 3.05) is 6.61 Å². The lowest BCUT2D eigenvalue weighted by molar-refractivity contribution is 0.289. The van der Waals surface area contributed by atoms with Crippen molar-refractivity contribution in [1.29, 1.82) is 0 Å². The van der Waals surface area contributed by atoms with Crippen LogP contribution in [-0.4, -0.2) is 12.6 Å². The van der Waals surface area contributed by atoms with Crippen LogP contribution in [0.4, 0.5) is 0 Å². The lowest BCUT2D eigenvalue weighted by Gasteiger charge is -2.27. The minimum Gasteiger partial charge on any atom is -0.494 e. The molecular formula is C19H31NO. The van der Waals surface area contributed by atoms with E-state index in [0.29, 0.717) is 12.0 Å². The van der Waals surface area contributed by atoms with Crippen LogP contribution in [0.2, 0.25) is 0 Å². The summed E-state index contributed by atoms with van der Waals surface area (Å²) >= 11 is 0. The molecule has 0 bridgehead atoms. The van der Waals surface area contributed by atoms with Crippen LogP contribution in [0.15, 0.2) is 24.3 Å². The van der Waals surface area contributed by atoms with Gasteiger partial charge in [-0.15, -0.1) is 0 Å². The molecule has 0 heterocycles.